The van der Waals surface area contributed by atoms with Crippen molar-refractivity contribution in [3.05, 3.63) is 188 Å². The van der Waals surface area contributed by atoms with Crippen LogP contribution in [-0.2, 0) is 0 Å². The molecule has 6 heterocycles. The molecule has 0 atom stereocenters. The molecular formula is C54H31B3N2O2S2. The number of para-hydroxylation sites is 4. The molecule has 9 heteroatoms. The maximum absolute atomic E-state index is 7.46. The van der Waals surface area contributed by atoms with Crippen LogP contribution in [-0.4, -0.2) is 20.1 Å². The quantitative estimate of drug-likeness (QED) is 0.164. The van der Waals surface area contributed by atoms with Gasteiger partial charge in [-0.25, -0.2) is 0 Å². The summed E-state index contributed by atoms with van der Waals surface area (Å²) in [5.74, 6) is 3.77. The molecule has 4 nitrogen and oxygen atoms in total. The summed E-state index contributed by atoms with van der Waals surface area (Å²) < 4.78 is 14.1. The lowest BCUT2D eigenvalue weighted by Gasteiger charge is -2.46. The Labute approximate surface area is 374 Å². The Morgan fingerprint density at radius 3 is 1.62 bits per heavy atom. The highest BCUT2D eigenvalue weighted by atomic mass is 32.2. The summed E-state index contributed by atoms with van der Waals surface area (Å²) in [4.78, 5) is 10.1. The number of fused-ring (bicyclic) bond motifs is 13. The number of nitrogens with zero attached hydrogens (tertiary/aromatic N) is 2. The van der Waals surface area contributed by atoms with Crippen molar-refractivity contribution in [2.75, 3.05) is 9.80 Å². The molecule has 15 rings (SSSR count). The van der Waals surface area contributed by atoms with E-state index in [2.05, 4.69) is 198 Å². The fourth-order valence-corrected chi connectivity index (χ4v) is 13.8. The molecule has 0 radical (unpaired) electrons. The molecule has 9 aromatic rings. The van der Waals surface area contributed by atoms with Crippen molar-refractivity contribution in [1.82, 2.24) is 0 Å². The molecule has 0 saturated heterocycles. The molecule has 6 aliphatic rings. The Morgan fingerprint density at radius 1 is 0.317 bits per heavy atom. The van der Waals surface area contributed by atoms with Gasteiger partial charge in [-0.1, -0.05) is 144 Å². The smallest absolute Gasteiger partial charge is 0.256 e. The second-order valence-electron chi connectivity index (χ2n) is 17.0. The molecule has 0 N–H and O–H groups in total. The summed E-state index contributed by atoms with van der Waals surface area (Å²) >= 11 is 3.74. The first-order valence-electron chi connectivity index (χ1n) is 21.6. The zero-order valence-corrected chi connectivity index (χ0v) is 35.3. The normalized spacial score (nSPS) is 14.6. The van der Waals surface area contributed by atoms with Gasteiger partial charge in [-0.15, -0.1) is 0 Å². The van der Waals surface area contributed by atoms with Crippen molar-refractivity contribution < 1.29 is 9.47 Å². The summed E-state index contributed by atoms with van der Waals surface area (Å²) in [5.41, 5.74) is 18.3. The Bertz CT molecular complexity index is 3450. The fourth-order valence-electron chi connectivity index (χ4n) is 11.4. The number of anilines is 6. The lowest BCUT2D eigenvalue weighted by molar-refractivity contribution is 0.486. The predicted octanol–water partition coefficient (Wildman–Crippen LogP) is 7.94. The van der Waals surface area contributed by atoms with Crippen LogP contribution in [0, 0.1) is 0 Å². The van der Waals surface area contributed by atoms with E-state index in [1.807, 2.05) is 23.5 Å². The van der Waals surface area contributed by atoms with E-state index in [-0.39, 0.29) is 20.1 Å². The molecule has 0 unspecified atom stereocenters. The number of benzene rings is 9. The van der Waals surface area contributed by atoms with Crippen LogP contribution in [0.25, 0.3) is 0 Å². The van der Waals surface area contributed by atoms with E-state index in [4.69, 9.17) is 9.47 Å². The van der Waals surface area contributed by atoms with Crippen molar-refractivity contribution in [3.8, 4) is 23.0 Å². The number of hydrogen-bond donors (Lipinski definition) is 0. The largest absolute Gasteiger partial charge is 0.459 e. The molecule has 0 spiro atoms. The first-order chi connectivity index (χ1) is 31.3. The Morgan fingerprint density at radius 2 is 0.873 bits per heavy atom. The van der Waals surface area contributed by atoms with Crippen LogP contribution >= 0.6 is 23.5 Å². The molecule has 0 aliphatic carbocycles. The second-order valence-corrected chi connectivity index (χ2v) is 19.2. The summed E-state index contributed by atoms with van der Waals surface area (Å²) in [7, 11) is 0. The minimum atomic E-state index is -0.142. The van der Waals surface area contributed by atoms with Crippen molar-refractivity contribution in [2.24, 2.45) is 0 Å². The third kappa shape index (κ3) is 4.68. The van der Waals surface area contributed by atoms with Gasteiger partial charge in [0.2, 0.25) is 0 Å². The van der Waals surface area contributed by atoms with E-state index in [1.54, 1.807) is 0 Å². The summed E-state index contributed by atoms with van der Waals surface area (Å²) in [5, 5.41) is 0. The average Bonchev–Trinajstić information content (AvgIpc) is 3.33. The van der Waals surface area contributed by atoms with Crippen molar-refractivity contribution >= 4 is 127 Å². The first-order valence-corrected chi connectivity index (χ1v) is 23.2. The molecule has 0 bridgehead atoms. The number of ether oxygens (including phenoxy) is 2. The van der Waals surface area contributed by atoms with Gasteiger partial charge >= 0.3 is 0 Å². The SMILES string of the molecule is c1ccc(N2c3cc4c(cc3B3c5c2cccc5N(c2ccccc2)c2cc5c6c(c23)Oc2ccccc2B6c2ccccc2S5)B2c3ccccc3Oc3cccc(c32)S4)cc1. The summed E-state index contributed by atoms with van der Waals surface area (Å²) in [6.07, 6.45) is 0. The van der Waals surface area contributed by atoms with Crippen LogP contribution < -0.4 is 68.4 Å². The highest BCUT2D eigenvalue weighted by molar-refractivity contribution is 8.00. The molecule has 6 aliphatic heterocycles. The van der Waals surface area contributed by atoms with E-state index in [1.165, 1.54) is 85.8 Å². The van der Waals surface area contributed by atoms with E-state index < -0.39 is 0 Å². The van der Waals surface area contributed by atoms with Gasteiger partial charge in [0, 0.05) is 53.7 Å². The van der Waals surface area contributed by atoms with Crippen LogP contribution in [0.5, 0.6) is 23.0 Å². The lowest BCUT2D eigenvalue weighted by Crippen LogP contribution is -2.66. The third-order valence-electron chi connectivity index (χ3n) is 13.9. The zero-order valence-electron chi connectivity index (χ0n) is 33.7. The molecular weight excluding hydrogens is 805 g/mol. The first kappa shape index (κ1) is 34.6. The average molecular weight is 836 g/mol. The predicted molar refractivity (Wildman–Crippen MR) is 264 cm³/mol. The van der Waals surface area contributed by atoms with Crippen molar-refractivity contribution in [2.45, 2.75) is 19.6 Å². The Hall–Kier alpha value is -6.93. The minimum absolute atomic E-state index is 0.0238. The third-order valence-corrected chi connectivity index (χ3v) is 16.2. The second kappa shape index (κ2) is 12.8. The Balaban J connectivity index is 1.07. The molecule has 0 saturated carbocycles. The summed E-state index contributed by atoms with van der Waals surface area (Å²) in [6, 6.07) is 69.1. The molecule has 0 aromatic heterocycles. The highest BCUT2D eigenvalue weighted by Gasteiger charge is 2.50. The van der Waals surface area contributed by atoms with E-state index >= 15 is 0 Å². The van der Waals surface area contributed by atoms with Gasteiger partial charge in [-0.3, -0.25) is 0 Å². The van der Waals surface area contributed by atoms with Gasteiger partial charge in [-0.05, 0) is 117 Å². The van der Waals surface area contributed by atoms with Crippen molar-refractivity contribution in [3.63, 3.8) is 0 Å². The van der Waals surface area contributed by atoms with E-state index in [0.717, 1.165) is 40.1 Å². The van der Waals surface area contributed by atoms with Crippen LogP contribution in [0.3, 0.4) is 0 Å². The van der Waals surface area contributed by atoms with Crippen LogP contribution in [0.1, 0.15) is 0 Å². The maximum Gasteiger partial charge on any atom is 0.256 e. The molecule has 0 amide bonds. The van der Waals surface area contributed by atoms with Gasteiger partial charge in [-0.2, -0.15) is 0 Å². The molecule has 0 fully saturated rings. The fraction of sp³-hybridized carbons (Fsp3) is 0. The van der Waals surface area contributed by atoms with Gasteiger partial charge < -0.3 is 19.3 Å². The highest BCUT2D eigenvalue weighted by Crippen LogP contribution is 2.49. The van der Waals surface area contributed by atoms with Gasteiger partial charge in [0.05, 0.1) is 0 Å². The van der Waals surface area contributed by atoms with Gasteiger partial charge in [0.25, 0.3) is 20.1 Å². The van der Waals surface area contributed by atoms with Crippen LogP contribution in [0.15, 0.2) is 208 Å². The van der Waals surface area contributed by atoms with Gasteiger partial charge in [0.1, 0.15) is 23.0 Å². The lowest BCUT2D eigenvalue weighted by atomic mass is 9.29. The van der Waals surface area contributed by atoms with Gasteiger partial charge in [0.15, 0.2) is 0 Å². The van der Waals surface area contributed by atoms with Crippen LogP contribution in [0.4, 0.5) is 34.1 Å². The maximum atomic E-state index is 7.46. The standard InChI is InChI=1S/C54H31B3N2O2S2/c1-3-15-32(16-4-1)58-39-22-13-23-40-50(39)57(37-29-38-48(30-41(37)58)63-47-28-14-26-45-52(47)56(38)34-19-7-10-24-43(34)60-45)51-42(59(40)33-17-5-2-6-18-33)31-49-53-54(51)61-44-25-11-8-20-35(44)55(53)36-21-9-12-27-46(36)62-49/h1-31H. The molecule has 63 heavy (non-hydrogen) atoms. The van der Waals surface area contributed by atoms with Crippen molar-refractivity contribution in [1.29, 1.82) is 0 Å². The minimum Gasteiger partial charge on any atom is -0.459 e. The topological polar surface area (TPSA) is 24.9 Å². The monoisotopic (exact) mass is 836 g/mol. The van der Waals surface area contributed by atoms with Crippen LogP contribution in [0.2, 0.25) is 0 Å². The number of hydrogen-bond acceptors (Lipinski definition) is 6. The van der Waals surface area contributed by atoms with E-state index in [0.29, 0.717) is 0 Å². The molecule has 290 valence electrons. The Kier molecular flexibility index (Phi) is 7.05. The van der Waals surface area contributed by atoms with E-state index in [9.17, 15) is 0 Å². The number of rotatable bonds is 2. The molecule has 9 aromatic carbocycles. The zero-order chi connectivity index (χ0) is 40.9. The summed E-state index contributed by atoms with van der Waals surface area (Å²) in [6.45, 7) is -0.0748.